The molecule has 0 aliphatic rings. The summed E-state index contributed by atoms with van der Waals surface area (Å²) in [7, 11) is 0. The molecule has 0 spiro atoms. The maximum atomic E-state index is 10.9. The van der Waals surface area contributed by atoms with Crippen LogP contribution in [0.5, 0.6) is 5.75 Å². The Morgan fingerprint density at radius 3 is 2.42 bits per heavy atom. The number of carbonyl (C=O) groups is 1. The lowest BCUT2D eigenvalue weighted by Gasteiger charge is -2.08. The van der Waals surface area contributed by atoms with E-state index < -0.39 is 5.97 Å². The number of benzene rings is 2. The molecule has 0 fully saturated rings. The standard InChI is InChI=1S/C14H10Cl2O3/c15-10-3-1-9(2-4-10)8-19-11-5-6-13(16)12(7-11)14(17)18/h1-7H,8H2,(H,17,18). The number of ether oxygens (including phenoxy) is 1. The van der Waals surface area contributed by atoms with Crippen LogP contribution in [0.15, 0.2) is 42.5 Å². The second-order valence-corrected chi connectivity index (χ2v) is 4.71. The van der Waals surface area contributed by atoms with E-state index in [0.29, 0.717) is 17.4 Å². The van der Waals surface area contributed by atoms with Crippen LogP contribution in [0.3, 0.4) is 0 Å². The average Bonchev–Trinajstić information content (AvgIpc) is 2.39. The normalized spacial score (nSPS) is 10.2. The van der Waals surface area contributed by atoms with Gasteiger partial charge in [-0.05, 0) is 35.9 Å². The number of hydrogen-bond acceptors (Lipinski definition) is 2. The van der Waals surface area contributed by atoms with Crippen LogP contribution in [0.4, 0.5) is 0 Å². The maximum absolute atomic E-state index is 10.9. The molecular formula is C14H10Cl2O3. The molecular weight excluding hydrogens is 287 g/mol. The van der Waals surface area contributed by atoms with Gasteiger partial charge in [0.2, 0.25) is 0 Å². The molecule has 2 aromatic carbocycles. The van der Waals surface area contributed by atoms with Gasteiger partial charge in [0.15, 0.2) is 0 Å². The van der Waals surface area contributed by atoms with E-state index in [4.69, 9.17) is 33.0 Å². The molecule has 0 atom stereocenters. The SMILES string of the molecule is O=C(O)c1cc(OCc2ccc(Cl)cc2)ccc1Cl. The zero-order chi connectivity index (χ0) is 13.8. The Kier molecular flexibility index (Phi) is 4.30. The zero-order valence-electron chi connectivity index (χ0n) is 9.77. The Hall–Kier alpha value is -1.71. The van der Waals surface area contributed by atoms with Crippen molar-refractivity contribution in [1.29, 1.82) is 0 Å². The summed E-state index contributed by atoms with van der Waals surface area (Å²) >= 11 is 11.6. The fraction of sp³-hybridized carbons (Fsp3) is 0.0714. The van der Waals surface area contributed by atoms with Crippen molar-refractivity contribution in [1.82, 2.24) is 0 Å². The molecule has 0 radical (unpaired) electrons. The number of halogens is 2. The summed E-state index contributed by atoms with van der Waals surface area (Å²) in [6, 6.07) is 11.8. The van der Waals surface area contributed by atoms with Gasteiger partial charge in [-0.3, -0.25) is 0 Å². The number of carboxylic acid groups (broad SMARTS) is 1. The Morgan fingerprint density at radius 1 is 1.11 bits per heavy atom. The number of carboxylic acids is 1. The Morgan fingerprint density at radius 2 is 1.79 bits per heavy atom. The van der Waals surface area contributed by atoms with Crippen LogP contribution < -0.4 is 4.74 Å². The van der Waals surface area contributed by atoms with Crippen molar-refractivity contribution in [3.63, 3.8) is 0 Å². The van der Waals surface area contributed by atoms with Crippen molar-refractivity contribution in [3.05, 3.63) is 63.6 Å². The van der Waals surface area contributed by atoms with E-state index in [1.807, 2.05) is 12.1 Å². The van der Waals surface area contributed by atoms with Gasteiger partial charge in [0.05, 0.1) is 10.6 Å². The maximum Gasteiger partial charge on any atom is 0.337 e. The molecule has 0 aromatic heterocycles. The predicted octanol–water partition coefficient (Wildman–Crippen LogP) is 4.27. The first-order valence-electron chi connectivity index (χ1n) is 5.46. The lowest BCUT2D eigenvalue weighted by atomic mass is 10.2. The Bertz CT molecular complexity index is 594. The van der Waals surface area contributed by atoms with Gasteiger partial charge in [0, 0.05) is 5.02 Å². The van der Waals surface area contributed by atoms with E-state index in [0.717, 1.165) is 5.56 Å². The number of aromatic carboxylic acids is 1. The minimum absolute atomic E-state index is 0.0234. The molecule has 2 rings (SSSR count). The summed E-state index contributed by atoms with van der Waals surface area (Å²) in [5.41, 5.74) is 0.964. The highest BCUT2D eigenvalue weighted by atomic mass is 35.5. The first-order chi connectivity index (χ1) is 9.06. The number of hydrogen-bond donors (Lipinski definition) is 1. The molecule has 5 heteroatoms. The van der Waals surface area contributed by atoms with Crippen LogP contribution in [0.1, 0.15) is 15.9 Å². The van der Waals surface area contributed by atoms with Crippen LogP contribution in [-0.4, -0.2) is 11.1 Å². The molecule has 19 heavy (non-hydrogen) atoms. The smallest absolute Gasteiger partial charge is 0.337 e. The van der Waals surface area contributed by atoms with E-state index in [1.54, 1.807) is 18.2 Å². The van der Waals surface area contributed by atoms with Gasteiger partial charge in [0.25, 0.3) is 0 Å². The van der Waals surface area contributed by atoms with E-state index >= 15 is 0 Å². The Balaban J connectivity index is 2.09. The molecule has 0 unspecified atom stereocenters. The summed E-state index contributed by atoms with van der Waals surface area (Å²) in [5.74, 6) is -0.626. The molecule has 0 saturated heterocycles. The largest absolute Gasteiger partial charge is 0.489 e. The molecule has 0 heterocycles. The summed E-state index contributed by atoms with van der Waals surface area (Å²) in [6.45, 7) is 0.331. The van der Waals surface area contributed by atoms with Crippen molar-refractivity contribution in [2.75, 3.05) is 0 Å². The fourth-order valence-electron chi connectivity index (χ4n) is 1.51. The molecule has 0 saturated carbocycles. The highest BCUT2D eigenvalue weighted by molar-refractivity contribution is 6.33. The molecule has 1 N–H and O–H groups in total. The van der Waals surface area contributed by atoms with Gasteiger partial charge in [-0.2, -0.15) is 0 Å². The third kappa shape index (κ3) is 3.63. The van der Waals surface area contributed by atoms with Crippen LogP contribution in [0.25, 0.3) is 0 Å². The van der Waals surface area contributed by atoms with E-state index in [1.165, 1.54) is 12.1 Å². The van der Waals surface area contributed by atoms with Gasteiger partial charge >= 0.3 is 5.97 Å². The minimum atomic E-state index is -1.08. The quantitative estimate of drug-likeness (QED) is 0.916. The molecule has 98 valence electrons. The summed E-state index contributed by atoms with van der Waals surface area (Å²) < 4.78 is 5.51. The second kappa shape index (κ2) is 5.95. The van der Waals surface area contributed by atoms with Crippen molar-refractivity contribution in [2.24, 2.45) is 0 Å². The van der Waals surface area contributed by atoms with Crippen LogP contribution in [-0.2, 0) is 6.61 Å². The van der Waals surface area contributed by atoms with Crippen molar-refractivity contribution < 1.29 is 14.6 Å². The predicted molar refractivity (Wildman–Crippen MR) is 74.2 cm³/mol. The monoisotopic (exact) mass is 296 g/mol. The van der Waals surface area contributed by atoms with Crippen molar-refractivity contribution >= 4 is 29.2 Å². The molecule has 2 aromatic rings. The summed E-state index contributed by atoms with van der Waals surface area (Å²) in [6.07, 6.45) is 0. The summed E-state index contributed by atoms with van der Waals surface area (Å²) in [4.78, 5) is 10.9. The summed E-state index contributed by atoms with van der Waals surface area (Å²) in [5, 5.41) is 9.79. The van der Waals surface area contributed by atoms with Gasteiger partial charge in [-0.1, -0.05) is 35.3 Å². The third-order valence-electron chi connectivity index (χ3n) is 2.49. The van der Waals surface area contributed by atoms with Crippen molar-refractivity contribution in [3.8, 4) is 5.75 Å². The first-order valence-corrected chi connectivity index (χ1v) is 6.22. The van der Waals surface area contributed by atoms with Gasteiger partial charge in [-0.25, -0.2) is 4.79 Å². The lowest BCUT2D eigenvalue weighted by Crippen LogP contribution is -2.00. The highest BCUT2D eigenvalue weighted by Gasteiger charge is 2.09. The molecule has 3 nitrogen and oxygen atoms in total. The van der Waals surface area contributed by atoms with Crippen LogP contribution in [0, 0.1) is 0 Å². The van der Waals surface area contributed by atoms with Gasteiger partial charge in [-0.15, -0.1) is 0 Å². The number of rotatable bonds is 4. The fourth-order valence-corrected chi connectivity index (χ4v) is 1.83. The lowest BCUT2D eigenvalue weighted by molar-refractivity contribution is 0.0696. The van der Waals surface area contributed by atoms with Gasteiger partial charge < -0.3 is 9.84 Å². The highest BCUT2D eigenvalue weighted by Crippen LogP contribution is 2.23. The zero-order valence-corrected chi connectivity index (χ0v) is 11.3. The topological polar surface area (TPSA) is 46.5 Å². The van der Waals surface area contributed by atoms with Crippen LogP contribution >= 0.6 is 23.2 Å². The Labute approximate surface area is 120 Å². The van der Waals surface area contributed by atoms with Crippen LogP contribution in [0.2, 0.25) is 10.0 Å². The molecule has 0 aliphatic heterocycles. The van der Waals surface area contributed by atoms with E-state index in [9.17, 15) is 4.79 Å². The minimum Gasteiger partial charge on any atom is -0.489 e. The van der Waals surface area contributed by atoms with E-state index in [-0.39, 0.29) is 10.6 Å². The average molecular weight is 297 g/mol. The second-order valence-electron chi connectivity index (χ2n) is 3.86. The van der Waals surface area contributed by atoms with E-state index in [2.05, 4.69) is 0 Å². The molecule has 0 aliphatic carbocycles. The van der Waals surface area contributed by atoms with Gasteiger partial charge in [0.1, 0.15) is 12.4 Å². The third-order valence-corrected chi connectivity index (χ3v) is 3.07. The van der Waals surface area contributed by atoms with Crippen molar-refractivity contribution in [2.45, 2.75) is 6.61 Å². The molecule has 0 amide bonds. The first kappa shape index (κ1) is 13.7. The molecule has 0 bridgehead atoms.